The van der Waals surface area contributed by atoms with Gasteiger partial charge in [-0.3, -0.25) is 4.90 Å². The monoisotopic (exact) mass is 291 g/mol. The molecular weight excluding hydrogens is 273 g/mol. The second-order valence-electron chi connectivity index (χ2n) is 5.53. The normalized spacial score (nSPS) is 16.4. The van der Waals surface area contributed by atoms with Crippen molar-refractivity contribution in [2.75, 3.05) is 13.6 Å². The highest BCUT2D eigenvalue weighted by Crippen LogP contribution is 2.34. The lowest BCUT2D eigenvalue weighted by molar-refractivity contribution is 0.121. The van der Waals surface area contributed by atoms with E-state index in [0.717, 1.165) is 18.7 Å². The molecule has 1 aliphatic rings. The van der Waals surface area contributed by atoms with Gasteiger partial charge in [0, 0.05) is 6.54 Å². The lowest BCUT2D eigenvalue weighted by Crippen LogP contribution is -2.26. The third-order valence-corrected chi connectivity index (χ3v) is 3.60. The summed E-state index contributed by atoms with van der Waals surface area (Å²) in [5.41, 5.74) is 0.699. The zero-order chi connectivity index (χ0) is 14.8. The second kappa shape index (κ2) is 5.87. The van der Waals surface area contributed by atoms with Gasteiger partial charge >= 0.3 is 0 Å². The zero-order valence-corrected chi connectivity index (χ0v) is 11.9. The molecule has 2 aromatic rings. The summed E-state index contributed by atoms with van der Waals surface area (Å²) in [5.74, 6) is 0.509. The molecule has 1 aliphatic carbocycles. The van der Waals surface area contributed by atoms with Crippen LogP contribution in [0.3, 0.4) is 0 Å². The Labute approximate surface area is 122 Å². The predicted molar refractivity (Wildman–Crippen MR) is 73.8 cm³/mol. The van der Waals surface area contributed by atoms with E-state index in [0.29, 0.717) is 24.7 Å². The SMILES string of the molecule is CN(Cc1nnnn1C1CC1)C[C@@H](O)c1ccc(F)cc1. The van der Waals surface area contributed by atoms with Crippen molar-refractivity contribution in [3.63, 3.8) is 0 Å². The molecule has 1 heterocycles. The molecule has 0 saturated heterocycles. The quantitative estimate of drug-likeness (QED) is 0.869. The number of hydrogen-bond acceptors (Lipinski definition) is 5. The van der Waals surface area contributed by atoms with E-state index in [2.05, 4.69) is 15.5 Å². The summed E-state index contributed by atoms with van der Waals surface area (Å²) in [6, 6.07) is 6.34. The number of aromatic nitrogens is 4. The first kappa shape index (κ1) is 14.1. The van der Waals surface area contributed by atoms with E-state index in [1.54, 1.807) is 12.1 Å². The number of halogens is 1. The van der Waals surface area contributed by atoms with Crippen LogP contribution in [0, 0.1) is 5.82 Å². The average Bonchev–Trinajstić information content (AvgIpc) is 3.20. The largest absolute Gasteiger partial charge is 0.387 e. The Morgan fingerprint density at radius 2 is 2.10 bits per heavy atom. The first-order valence-corrected chi connectivity index (χ1v) is 7.02. The van der Waals surface area contributed by atoms with Crippen LogP contribution >= 0.6 is 0 Å². The number of hydrogen-bond donors (Lipinski definition) is 1. The number of benzene rings is 1. The van der Waals surface area contributed by atoms with Crippen molar-refractivity contribution < 1.29 is 9.50 Å². The summed E-state index contributed by atoms with van der Waals surface area (Å²) in [4.78, 5) is 1.96. The maximum atomic E-state index is 12.9. The van der Waals surface area contributed by atoms with Crippen molar-refractivity contribution in [3.05, 3.63) is 41.5 Å². The molecule has 1 saturated carbocycles. The molecule has 0 radical (unpaired) electrons. The summed E-state index contributed by atoms with van der Waals surface area (Å²) >= 11 is 0. The standard InChI is InChI=1S/C14H18FN5O/c1-19(8-13(21)10-2-4-11(15)5-3-10)9-14-16-17-18-20(14)12-6-7-12/h2-5,12-13,21H,6-9H2,1H3/t13-/m1/s1. The molecule has 6 nitrogen and oxygen atoms in total. The predicted octanol–water partition coefficient (Wildman–Crippen LogP) is 1.31. The third kappa shape index (κ3) is 3.43. The number of rotatable bonds is 6. The minimum absolute atomic E-state index is 0.303. The zero-order valence-electron chi connectivity index (χ0n) is 11.9. The lowest BCUT2D eigenvalue weighted by Gasteiger charge is -2.20. The molecule has 0 spiro atoms. The number of aliphatic hydroxyl groups excluding tert-OH is 1. The van der Waals surface area contributed by atoms with Crippen molar-refractivity contribution in [1.82, 2.24) is 25.1 Å². The van der Waals surface area contributed by atoms with Crippen molar-refractivity contribution in [2.45, 2.75) is 31.5 Å². The number of aliphatic hydroxyl groups is 1. The van der Waals surface area contributed by atoms with E-state index in [1.807, 2.05) is 16.6 Å². The van der Waals surface area contributed by atoms with E-state index in [4.69, 9.17) is 0 Å². The minimum atomic E-state index is -0.666. The van der Waals surface area contributed by atoms with Gasteiger partial charge in [-0.2, -0.15) is 0 Å². The Morgan fingerprint density at radius 1 is 1.38 bits per heavy atom. The van der Waals surface area contributed by atoms with Crippen LogP contribution in [-0.2, 0) is 6.54 Å². The van der Waals surface area contributed by atoms with Crippen molar-refractivity contribution in [1.29, 1.82) is 0 Å². The van der Waals surface area contributed by atoms with E-state index < -0.39 is 6.10 Å². The molecule has 0 amide bonds. The van der Waals surface area contributed by atoms with E-state index in [1.165, 1.54) is 12.1 Å². The highest BCUT2D eigenvalue weighted by Gasteiger charge is 2.28. The molecule has 21 heavy (non-hydrogen) atoms. The minimum Gasteiger partial charge on any atom is -0.387 e. The van der Waals surface area contributed by atoms with Gasteiger partial charge in [0.1, 0.15) is 5.82 Å². The molecule has 3 rings (SSSR count). The summed E-state index contributed by atoms with van der Waals surface area (Å²) in [6.07, 6.45) is 1.58. The van der Waals surface area contributed by atoms with E-state index >= 15 is 0 Å². The lowest BCUT2D eigenvalue weighted by atomic mass is 10.1. The summed E-state index contributed by atoms with van der Waals surface area (Å²) in [6.45, 7) is 1.00. The Hall–Kier alpha value is -1.86. The first-order chi connectivity index (χ1) is 10.1. The maximum absolute atomic E-state index is 12.9. The molecule has 0 bridgehead atoms. The first-order valence-electron chi connectivity index (χ1n) is 7.02. The summed E-state index contributed by atoms with van der Waals surface area (Å²) in [5, 5.41) is 21.9. The second-order valence-corrected chi connectivity index (χ2v) is 5.53. The van der Waals surface area contributed by atoms with Gasteiger partial charge in [0.15, 0.2) is 5.82 Å². The van der Waals surface area contributed by atoms with Crippen LogP contribution in [-0.4, -0.2) is 43.8 Å². The molecule has 1 atom stereocenters. The van der Waals surface area contributed by atoms with Crippen LogP contribution in [0.2, 0.25) is 0 Å². The van der Waals surface area contributed by atoms with Crippen molar-refractivity contribution in [3.8, 4) is 0 Å². The van der Waals surface area contributed by atoms with Gasteiger partial charge in [-0.15, -0.1) is 5.10 Å². The van der Waals surface area contributed by atoms with Crippen molar-refractivity contribution >= 4 is 0 Å². The highest BCUT2D eigenvalue weighted by molar-refractivity contribution is 5.18. The molecule has 0 unspecified atom stereocenters. The highest BCUT2D eigenvalue weighted by atomic mass is 19.1. The van der Waals surface area contributed by atoms with Crippen LogP contribution in [0.1, 0.15) is 36.4 Å². The van der Waals surface area contributed by atoms with E-state index in [-0.39, 0.29) is 5.82 Å². The Balaban J connectivity index is 1.59. The summed E-state index contributed by atoms with van der Waals surface area (Å²) < 4.78 is 14.7. The van der Waals surface area contributed by atoms with Crippen LogP contribution in [0.15, 0.2) is 24.3 Å². The van der Waals surface area contributed by atoms with Gasteiger partial charge < -0.3 is 5.11 Å². The molecule has 7 heteroatoms. The van der Waals surface area contributed by atoms with E-state index in [9.17, 15) is 9.50 Å². The molecular formula is C14H18FN5O. The molecule has 112 valence electrons. The van der Waals surface area contributed by atoms with Crippen LogP contribution in [0.5, 0.6) is 0 Å². The Kier molecular flexibility index (Phi) is 3.94. The van der Waals surface area contributed by atoms with Gasteiger partial charge in [-0.25, -0.2) is 9.07 Å². The fourth-order valence-electron chi connectivity index (χ4n) is 2.31. The Bertz CT molecular complexity index is 596. The molecule has 1 fully saturated rings. The Morgan fingerprint density at radius 3 is 2.76 bits per heavy atom. The van der Waals surface area contributed by atoms with Crippen LogP contribution < -0.4 is 0 Å². The average molecular weight is 291 g/mol. The topological polar surface area (TPSA) is 67.1 Å². The van der Waals surface area contributed by atoms with Gasteiger partial charge in [-0.05, 0) is 48.0 Å². The fraction of sp³-hybridized carbons (Fsp3) is 0.500. The third-order valence-electron chi connectivity index (χ3n) is 3.60. The molecule has 0 aliphatic heterocycles. The van der Waals surface area contributed by atoms with Crippen LogP contribution in [0.4, 0.5) is 4.39 Å². The van der Waals surface area contributed by atoms with Gasteiger partial charge in [0.05, 0.1) is 18.7 Å². The number of tetrazole rings is 1. The molecule has 1 N–H and O–H groups in total. The molecule has 1 aromatic carbocycles. The summed E-state index contributed by atoms with van der Waals surface area (Å²) in [7, 11) is 1.90. The van der Waals surface area contributed by atoms with Crippen LogP contribution in [0.25, 0.3) is 0 Å². The van der Waals surface area contributed by atoms with Gasteiger partial charge in [0.2, 0.25) is 0 Å². The number of likely N-dealkylation sites (N-methyl/N-ethyl adjacent to an activating group) is 1. The molecule has 1 aromatic heterocycles. The smallest absolute Gasteiger partial charge is 0.165 e. The fourth-order valence-corrected chi connectivity index (χ4v) is 2.31. The van der Waals surface area contributed by atoms with Crippen molar-refractivity contribution in [2.24, 2.45) is 0 Å². The maximum Gasteiger partial charge on any atom is 0.165 e. The number of nitrogens with zero attached hydrogens (tertiary/aromatic N) is 5. The van der Waals surface area contributed by atoms with Gasteiger partial charge in [0.25, 0.3) is 0 Å². The van der Waals surface area contributed by atoms with Gasteiger partial charge in [-0.1, -0.05) is 12.1 Å².